The van der Waals surface area contributed by atoms with Gasteiger partial charge in [0.1, 0.15) is 30.3 Å². The lowest BCUT2D eigenvalue weighted by Gasteiger charge is -2.11. The van der Waals surface area contributed by atoms with Crippen LogP contribution in [0.5, 0.6) is 5.75 Å². The second-order valence-electron chi connectivity index (χ2n) is 5.68. The number of halogens is 3. The van der Waals surface area contributed by atoms with Gasteiger partial charge in [0.15, 0.2) is 5.76 Å². The van der Waals surface area contributed by atoms with Gasteiger partial charge < -0.3 is 14.2 Å². The highest BCUT2D eigenvalue weighted by molar-refractivity contribution is 6.32. The van der Waals surface area contributed by atoms with E-state index in [-0.39, 0.29) is 12.9 Å². The molecule has 0 saturated carbocycles. The van der Waals surface area contributed by atoms with Crippen molar-refractivity contribution in [1.82, 2.24) is 0 Å². The lowest BCUT2D eigenvalue weighted by Crippen LogP contribution is -2.09. The molecule has 132 valence electrons. The fourth-order valence-corrected chi connectivity index (χ4v) is 2.75. The normalized spacial score (nSPS) is 16.2. The van der Waals surface area contributed by atoms with Crippen molar-refractivity contribution in [3.63, 3.8) is 0 Å². The van der Waals surface area contributed by atoms with Crippen LogP contribution in [0.4, 0.5) is 8.78 Å². The zero-order valence-electron chi connectivity index (χ0n) is 13.6. The maximum atomic E-state index is 13.3. The van der Waals surface area contributed by atoms with Crippen molar-refractivity contribution in [3.05, 3.63) is 76.2 Å². The maximum Gasteiger partial charge on any atom is 0.240 e. The molecule has 0 fully saturated rings. The Labute approximate surface area is 149 Å². The van der Waals surface area contributed by atoms with Crippen molar-refractivity contribution >= 4 is 11.6 Å². The van der Waals surface area contributed by atoms with Crippen molar-refractivity contribution in [3.8, 4) is 5.75 Å². The minimum absolute atomic E-state index is 0.213. The van der Waals surface area contributed by atoms with Gasteiger partial charge in [-0.1, -0.05) is 24.6 Å². The van der Waals surface area contributed by atoms with E-state index in [2.05, 4.69) is 0 Å². The van der Waals surface area contributed by atoms with Gasteiger partial charge in [-0.3, -0.25) is 0 Å². The van der Waals surface area contributed by atoms with Crippen LogP contribution in [0, 0.1) is 11.6 Å². The van der Waals surface area contributed by atoms with Crippen molar-refractivity contribution < 1.29 is 23.0 Å². The van der Waals surface area contributed by atoms with Crippen LogP contribution in [0.2, 0.25) is 5.02 Å². The van der Waals surface area contributed by atoms with E-state index in [4.69, 9.17) is 25.8 Å². The van der Waals surface area contributed by atoms with Crippen LogP contribution in [0.25, 0.3) is 0 Å². The second-order valence-corrected chi connectivity index (χ2v) is 6.09. The summed E-state index contributed by atoms with van der Waals surface area (Å²) in [5.74, 6) is -0.0977. The summed E-state index contributed by atoms with van der Waals surface area (Å²) in [5, 5.41) is 0.418. The summed E-state index contributed by atoms with van der Waals surface area (Å²) < 4.78 is 42.9. The first-order valence-corrected chi connectivity index (χ1v) is 8.28. The minimum atomic E-state index is -0.599. The molecule has 0 amide bonds. The molecule has 0 saturated heterocycles. The molecule has 0 N–H and O–H groups in total. The summed E-state index contributed by atoms with van der Waals surface area (Å²) in [7, 11) is 0. The van der Waals surface area contributed by atoms with Crippen LogP contribution in [-0.4, -0.2) is 12.9 Å². The molecule has 3 rings (SSSR count). The van der Waals surface area contributed by atoms with E-state index in [1.807, 2.05) is 6.92 Å². The van der Waals surface area contributed by atoms with Crippen LogP contribution < -0.4 is 4.74 Å². The molecule has 0 spiro atoms. The van der Waals surface area contributed by atoms with E-state index in [9.17, 15) is 8.78 Å². The number of hydrogen-bond acceptors (Lipinski definition) is 3. The Balaban J connectivity index is 1.62. The van der Waals surface area contributed by atoms with Crippen molar-refractivity contribution in [2.45, 2.75) is 26.1 Å². The lowest BCUT2D eigenvalue weighted by molar-refractivity contribution is -0.0375. The van der Waals surface area contributed by atoms with Gasteiger partial charge in [0.05, 0.1) is 5.02 Å². The third kappa shape index (κ3) is 4.63. The number of ether oxygens (including phenoxy) is 3. The predicted molar refractivity (Wildman–Crippen MR) is 90.4 cm³/mol. The Morgan fingerprint density at radius 3 is 2.48 bits per heavy atom. The molecule has 25 heavy (non-hydrogen) atoms. The highest BCUT2D eigenvalue weighted by atomic mass is 35.5. The van der Waals surface area contributed by atoms with Gasteiger partial charge in [-0.15, -0.1) is 0 Å². The largest absolute Gasteiger partial charge is 0.484 e. The van der Waals surface area contributed by atoms with E-state index in [1.54, 1.807) is 18.2 Å². The van der Waals surface area contributed by atoms with Crippen LogP contribution in [0.15, 0.2) is 48.4 Å². The number of hydrogen-bond donors (Lipinski definition) is 0. The summed E-state index contributed by atoms with van der Waals surface area (Å²) in [5.41, 5.74) is 1.36. The molecule has 2 aromatic rings. The molecule has 0 radical (unpaired) electrons. The smallest absolute Gasteiger partial charge is 0.240 e. The molecule has 0 bridgehead atoms. The Bertz CT molecular complexity index is 772. The molecule has 1 heterocycles. The molecule has 2 aromatic carbocycles. The fraction of sp³-hybridized carbons (Fsp3) is 0.263. The van der Waals surface area contributed by atoms with E-state index >= 15 is 0 Å². The molecule has 1 aliphatic rings. The number of rotatable bonds is 6. The average Bonchev–Trinajstić information content (AvgIpc) is 3.01. The Kier molecular flexibility index (Phi) is 5.43. The monoisotopic (exact) mass is 366 g/mol. The maximum absolute atomic E-state index is 13.3. The van der Waals surface area contributed by atoms with Gasteiger partial charge in [-0.25, -0.2) is 8.78 Å². The summed E-state index contributed by atoms with van der Waals surface area (Å²) in [6.07, 6.45) is 2.39. The highest BCUT2D eigenvalue weighted by Gasteiger charge is 2.18. The zero-order valence-corrected chi connectivity index (χ0v) is 14.4. The molecule has 0 aromatic heterocycles. The van der Waals surface area contributed by atoms with Gasteiger partial charge in [0.2, 0.25) is 6.29 Å². The first kappa shape index (κ1) is 17.5. The van der Waals surface area contributed by atoms with Gasteiger partial charge in [-0.05, 0) is 41.8 Å². The van der Waals surface area contributed by atoms with Crippen molar-refractivity contribution in [2.24, 2.45) is 0 Å². The van der Waals surface area contributed by atoms with E-state index in [1.165, 1.54) is 18.4 Å². The molecular formula is C19H17ClF2O3. The Hall–Kier alpha value is -2.27. The summed E-state index contributed by atoms with van der Waals surface area (Å²) >= 11 is 6.23. The standard InChI is InChI=1S/C19H17ClF2O3/c1-2-19-24-11-16(25-19)10-23-18-4-3-12(8-17(18)20)5-13-6-14(21)9-15(22)7-13/h3-4,6-9,11,19H,2,5,10H2,1H3. The van der Waals surface area contributed by atoms with Crippen molar-refractivity contribution in [2.75, 3.05) is 6.61 Å². The SMILES string of the molecule is CCC1OC=C(COc2ccc(Cc3cc(F)cc(F)c3)cc2Cl)O1. The topological polar surface area (TPSA) is 27.7 Å². The number of benzene rings is 2. The van der Waals surface area contributed by atoms with E-state index in [0.29, 0.717) is 28.5 Å². The molecule has 3 nitrogen and oxygen atoms in total. The summed E-state index contributed by atoms with van der Waals surface area (Å²) in [6.45, 7) is 2.17. The third-order valence-electron chi connectivity index (χ3n) is 3.66. The Morgan fingerprint density at radius 2 is 1.84 bits per heavy atom. The molecule has 0 aliphatic carbocycles. The van der Waals surface area contributed by atoms with Gasteiger partial charge in [-0.2, -0.15) is 0 Å². The lowest BCUT2D eigenvalue weighted by atomic mass is 10.0. The molecule has 6 heteroatoms. The molecule has 1 unspecified atom stereocenters. The van der Waals surface area contributed by atoms with Gasteiger partial charge in [0, 0.05) is 12.5 Å². The Morgan fingerprint density at radius 1 is 1.08 bits per heavy atom. The van der Waals surface area contributed by atoms with Crippen LogP contribution in [0.1, 0.15) is 24.5 Å². The van der Waals surface area contributed by atoms with Crippen LogP contribution >= 0.6 is 11.6 Å². The zero-order chi connectivity index (χ0) is 17.8. The van der Waals surface area contributed by atoms with Crippen LogP contribution in [-0.2, 0) is 15.9 Å². The van der Waals surface area contributed by atoms with Crippen molar-refractivity contribution in [1.29, 1.82) is 0 Å². The van der Waals surface area contributed by atoms with E-state index in [0.717, 1.165) is 18.1 Å². The van der Waals surface area contributed by atoms with Gasteiger partial charge >= 0.3 is 0 Å². The highest BCUT2D eigenvalue weighted by Crippen LogP contribution is 2.28. The molecule has 1 aliphatic heterocycles. The first-order valence-electron chi connectivity index (χ1n) is 7.91. The van der Waals surface area contributed by atoms with E-state index < -0.39 is 11.6 Å². The minimum Gasteiger partial charge on any atom is -0.484 e. The van der Waals surface area contributed by atoms with Crippen LogP contribution in [0.3, 0.4) is 0 Å². The summed E-state index contributed by atoms with van der Waals surface area (Å²) in [4.78, 5) is 0. The molecular weight excluding hydrogens is 350 g/mol. The molecule has 1 atom stereocenters. The quantitative estimate of drug-likeness (QED) is 0.702. The first-order chi connectivity index (χ1) is 12.0. The fourth-order valence-electron chi connectivity index (χ4n) is 2.49. The van der Waals surface area contributed by atoms with Gasteiger partial charge in [0.25, 0.3) is 0 Å². The predicted octanol–water partition coefficient (Wildman–Crippen LogP) is 5.21. The average molecular weight is 367 g/mol. The summed E-state index contributed by atoms with van der Waals surface area (Å²) in [6, 6.07) is 8.69. The second kappa shape index (κ2) is 7.74. The third-order valence-corrected chi connectivity index (χ3v) is 3.96.